The summed E-state index contributed by atoms with van der Waals surface area (Å²) in [4.78, 5) is 12.5. The van der Waals surface area contributed by atoms with Crippen LogP contribution in [0.2, 0.25) is 0 Å². The van der Waals surface area contributed by atoms with Crippen LogP contribution in [-0.4, -0.2) is 23.4 Å². The van der Waals surface area contributed by atoms with Crippen LogP contribution in [0.15, 0.2) is 0 Å². The largest absolute Gasteiger partial charge is 0.340 e. The van der Waals surface area contributed by atoms with E-state index in [2.05, 4.69) is 13.8 Å². The second kappa shape index (κ2) is 3.04. The Morgan fingerprint density at radius 3 is 2.70 bits per heavy atom. The van der Waals surface area contributed by atoms with E-state index in [4.69, 9.17) is 0 Å². The van der Waals surface area contributed by atoms with Gasteiger partial charge in [0.25, 0.3) is 0 Å². The van der Waals surface area contributed by atoms with Crippen LogP contribution in [0.5, 0.6) is 0 Å². The zero-order valence-corrected chi connectivity index (χ0v) is 6.71. The number of amides is 1. The molecule has 0 radical (unpaired) electrons. The van der Waals surface area contributed by atoms with Gasteiger partial charge in [-0.05, 0) is 26.2 Å². The summed E-state index contributed by atoms with van der Waals surface area (Å²) >= 11 is 0. The third kappa shape index (κ3) is 1.15. The van der Waals surface area contributed by atoms with Crippen molar-refractivity contribution in [3.8, 4) is 0 Å². The zero-order valence-electron chi connectivity index (χ0n) is 6.71. The van der Waals surface area contributed by atoms with E-state index in [9.17, 15) is 4.79 Å². The molecule has 2 unspecified atom stereocenters. The molecule has 0 aromatic carbocycles. The van der Waals surface area contributed by atoms with Crippen molar-refractivity contribution >= 4 is 6.41 Å². The summed E-state index contributed by atoms with van der Waals surface area (Å²) in [5, 5.41) is 0. The molecule has 2 heteroatoms. The number of likely N-dealkylation sites (tertiary alicyclic amines) is 1. The highest BCUT2D eigenvalue weighted by Gasteiger charge is 2.27. The standard InChI is InChI=1S/C8H15NO/c1-3-8-5-4-7(2)9(8)6-10/h6-8H,3-5H2,1-2H3. The molecule has 0 bridgehead atoms. The van der Waals surface area contributed by atoms with Crippen LogP contribution in [-0.2, 0) is 4.79 Å². The van der Waals surface area contributed by atoms with E-state index in [1.807, 2.05) is 4.90 Å². The number of hydrogen-bond acceptors (Lipinski definition) is 1. The lowest BCUT2D eigenvalue weighted by atomic mass is 10.2. The highest BCUT2D eigenvalue weighted by atomic mass is 16.1. The molecule has 0 aromatic rings. The molecule has 0 saturated carbocycles. The van der Waals surface area contributed by atoms with E-state index in [0.29, 0.717) is 12.1 Å². The van der Waals surface area contributed by atoms with E-state index in [1.54, 1.807) is 0 Å². The summed E-state index contributed by atoms with van der Waals surface area (Å²) in [6.07, 6.45) is 4.46. The number of nitrogens with zero attached hydrogens (tertiary/aromatic N) is 1. The van der Waals surface area contributed by atoms with Crippen LogP contribution >= 0.6 is 0 Å². The Bertz CT molecular complexity index is 124. The highest BCUT2D eigenvalue weighted by molar-refractivity contribution is 5.49. The maximum atomic E-state index is 10.5. The topological polar surface area (TPSA) is 20.3 Å². The molecular weight excluding hydrogens is 126 g/mol. The molecule has 2 atom stereocenters. The Morgan fingerprint density at radius 2 is 2.30 bits per heavy atom. The minimum atomic E-state index is 0.474. The van der Waals surface area contributed by atoms with Gasteiger partial charge in [0.05, 0.1) is 0 Å². The smallest absolute Gasteiger partial charge is 0.210 e. The molecule has 1 heterocycles. The van der Waals surface area contributed by atoms with Crippen LogP contribution in [0.3, 0.4) is 0 Å². The lowest BCUT2D eigenvalue weighted by molar-refractivity contribution is -0.120. The summed E-state index contributed by atoms with van der Waals surface area (Å²) in [6, 6.07) is 0.995. The second-order valence-corrected chi connectivity index (χ2v) is 3.04. The van der Waals surface area contributed by atoms with Gasteiger partial charge in [-0.2, -0.15) is 0 Å². The molecule has 58 valence electrons. The van der Waals surface area contributed by atoms with Crippen LogP contribution in [0.4, 0.5) is 0 Å². The number of rotatable bonds is 2. The van der Waals surface area contributed by atoms with E-state index in [-0.39, 0.29) is 0 Å². The van der Waals surface area contributed by atoms with Crippen molar-refractivity contribution in [2.75, 3.05) is 0 Å². The molecular formula is C8H15NO. The average molecular weight is 141 g/mol. The van der Waals surface area contributed by atoms with Crippen LogP contribution in [0.25, 0.3) is 0 Å². The quantitative estimate of drug-likeness (QED) is 0.532. The van der Waals surface area contributed by atoms with Gasteiger partial charge in [0, 0.05) is 12.1 Å². The van der Waals surface area contributed by atoms with Crippen molar-refractivity contribution < 1.29 is 4.79 Å². The number of hydrogen-bond donors (Lipinski definition) is 0. The Labute approximate surface area is 62.2 Å². The van der Waals surface area contributed by atoms with Gasteiger partial charge in [-0.15, -0.1) is 0 Å². The monoisotopic (exact) mass is 141 g/mol. The molecule has 1 rings (SSSR count). The molecule has 1 aliphatic heterocycles. The summed E-state index contributed by atoms with van der Waals surface area (Å²) < 4.78 is 0. The van der Waals surface area contributed by atoms with Gasteiger partial charge in [0.2, 0.25) is 6.41 Å². The Balaban J connectivity index is 2.53. The molecule has 1 aliphatic rings. The summed E-state index contributed by atoms with van der Waals surface area (Å²) in [6.45, 7) is 4.25. The van der Waals surface area contributed by atoms with E-state index in [0.717, 1.165) is 12.8 Å². The molecule has 2 nitrogen and oxygen atoms in total. The highest BCUT2D eigenvalue weighted by Crippen LogP contribution is 2.23. The SMILES string of the molecule is CCC1CCC(C)N1C=O. The predicted octanol–water partition coefficient (Wildman–Crippen LogP) is 1.41. The first kappa shape index (κ1) is 7.58. The predicted molar refractivity (Wildman–Crippen MR) is 40.7 cm³/mol. The lowest BCUT2D eigenvalue weighted by Gasteiger charge is -2.22. The van der Waals surface area contributed by atoms with Crippen molar-refractivity contribution in [2.24, 2.45) is 0 Å². The van der Waals surface area contributed by atoms with Gasteiger partial charge in [0.15, 0.2) is 0 Å². The van der Waals surface area contributed by atoms with E-state index >= 15 is 0 Å². The van der Waals surface area contributed by atoms with Crippen molar-refractivity contribution in [1.82, 2.24) is 4.90 Å². The fraction of sp³-hybridized carbons (Fsp3) is 0.875. The van der Waals surface area contributed by atoms with Gasteiger partial charge in [-0.25, -0.2) is 0 Å². The van der Waals surface area contributed by atoms with E-state index in [1.165, 1.54) is 12.8 Å². The zero-order chi connectivity index (χ0) is 7.56. The molecule has 1 fully saturated rings. The molecule has 0 spiro atoms. The van der Waals surface area contributed by atoms with Gasteiger partial charge in [-0.1, -0.05) is 6.92 Å². The van der Waals surface area contributed by atoms with Crippen molar-refractivity contribution in [3.05, 3.63) is 0 Å². The Hall–Kier alpha value is -0.530. The maximum Gasteiger partial charge on any atom is 0.210 e. The lowest BCUT2D eigenvalue weighted by Crippen LogP contribution is -2.32. The number of carbonyl (C=O) groups excluding carboxylic acids is 1. The molecule has 0 aliphatic carbocycles. The Morgan fingerprint density at radius 1 is 1.60 bits per heavy atom. The normalized spacial score (nSPS) is 32.8. The summed E-state index contributed by atoms with van der Waals surface area (Å²) in [7, 11) is 0. The molecule has 0 N–H and O–H groups in total. The number of carbonyl (C=O) groups is 1. The van der Waals surface area contributed by atoms with Gasteiger partial charge in [0.1, 0.15) is 0 Å². The molecule has 1 saturated heterocycles. The van der Waals surface area contributed by atoms with Gasteiger partial charge >= 0.3 is 0 Å². The molecule has 10 heavy (non-hydrogen) atoms. The minimum absolute atomic E-state index is 0.474. The first-order chi connectivity index (χ1) is 4.79. The van der Waals surface area contributed by atoms with Crippen LogP contribution < -0.4 is 0 Å². The first-order valence-electron chi connectivity index (χ1n) is 4.02. The van der Waals surface area contributed by atoms with Crippen LogP contribution in [0, 0.1) is 0 Å². The fourth-order valence-corrected chi connectivity index (χ4v) is 1.70. The van der Waals surface area contributed by atoms with Crippen molar-refractivity contribution in [1.29, 1.82) is 0 Å². The third-order valence-corrected chi connectivity index (χ3v) is 2.44. The van der Waals surface area contributed by atoms with Crippen molar-refractivity contribution in [3.63, 3.8) is 0 Å². The van der Waals surface area contributed by atoms with E-state index < -0.39 is 0 Å². The second-order valence-electron chi connectivity index (χ2n) is 3.04. The molecule has 0 aromatic heterocycles. The van der Waals surface area contributed by atoms with Crippen molar-refractivity contribution in [2.45, 2.75) is 45.2 Å². The van der Waals surface area contributed by atoms with Gasteiger partial charge in [-0.3, -0.25) is 4.79 Å². The molecule has 1 amide bonds. The average Bonchev–Trinajstić information content (AvgIpc) is 2.30. The Kier molecular flexibility index (Phi) is 2.30. The fourth-order valence-electron chi connectivity index (χ4n) is 1.70. The van der Waals surface area contributed by atoms with Crippen LogP contribution in [0.1, 0.15) is 33.1 Å². The minimum Gasteiger partial charge on any atom is -0.340 e. The summed E-state index contributed by atoms with van der Waals surface area (Å²) in [5.41, 5.74) is 0. The van der Waals surface area contributed by atoms with Gasteiger partial charge < -0.3 is 4.90 Å². The maximum absolute atomic E-state index is 10.5. The first-order valence-corrected chi connectivity index (χ1v) is 4.02. The third-order valence-electron chi connectivity index (χ3n) is 2.44. The summed E-state index contributed by atoms with van der Waals surface area (Å²) in [5.74, 6) is 0.